The molecule has 0 bridgehead atoms. The Morgan fingerprint density at radius 3 is 2.35 bits per heavy atom. The van der Waals surface area contributed by atoms with Crippen molar-refractivity contribution in [2.75, 3.05) is 19.8 Å². The maximum absolute atomic E-state index is 12.7. The highest BCUT2D eigenvalue weighted by molar-refractivity contribution is 7.60. The second-order valence-electron chi connectivity index (χ2n) is 3.60. The van der Waals surface area contributed by atoms with Crippen molar-refractivity contribution in [2.24, 2.45) is 0 Å². The lowest BCUT2D eigenvalue weighted by Crippen LogP contribution is -2.11. The minimum atomic E-state index is -3.73. The maximum atomic E-state index is 12.7. The van der Waals surface area contributed by atoms with Crippen molar-refractivity contribution in [3.8, 4) is 0 Å². The Hall–Kier alpha value is -1.36. The van der Waals surface area contributed by atoms with E-state index in [2.05, 4.69) is 0 Å². The lowest BCUT2D eigenvalue weighted by Gasteiger charge is -2.18. The van der Waals surface area contributed by atoms with Crippen molar-refractivity contribution in [1.82, 2.24) is 0 Å². The average Bonchev–Trinajstić information content (AvgIpc) is 2.89. The highest BCUT2D eigenvalue weighted by Crippen LogP contribution is 2.57. The van der Waals surface area contributed by atoms with E-state index in [9.17, 15) is 9.36 Å². The summed E-state index contributed by atoms with van der Waals surface area (Å²) in [5.41, 5.74) is 0. The van der Waals surface area contributed by atoms with Crippen molar-refractivity contribution in [1.29, 1.82) is 0 Å². The van der Waals surface area contributed by atoms with Gasteiger partial charge in [0.15, 0.2) is 5.31 Å². The van der Waals surface area contributed by atoms with Gasteiger partial charge in [0.1, 0.15) is 5.76 Å². The zero-order chi connectivity index (χ0) is 15.0. The van der Waals surface area contributed by atoms with Crippen LogP contribution in [-0.4, -0.2) is 25.8 Å². The van der Waals surface area contributed by atoms with Crippen molar-refractivity contribution in [3.63, 3.8) is 0 Å². The molecule has 112 valence electrons. The molecule has 1 rings (SSSR count). The summed E-state index contributed by atoms with van der Waals surface area (Å²) in [6, 6.07) is 3.28. The molecular formula is C13H19O6P. The molecule has 0 aliphatic rings. The molecule has 0 aliphatic heterocycles. The van der Waals surface area contributed by atoms with E-state index in [4.69, 9.17) is 18.2 Å². The first-order valence-corrected chi connectivity index (χ1v) is 7.93. The summed E-state index contributed by atoms with van der Waals surface area (Å²) in [7, 11) is -3.73. The molecule has 1 heterocycles. The number of rotatable bonds is 8. The molecule has 0 aromatic carbocycles. The summed E-state index contributed by atoms with van der Waals surface area (Å²) >= 11 is 0. The highest BCUT2D eigenvalue weighted by Gasteiger charge is 2.36. The molecule has 1 aromatic heterocycles. The quantitative estimate of drug-likeness (QED) is 0.416. The van der Waals surface area contributed by atoms with E-state index in [1.165, 1.54) is 12.3 Å². The summed E-state index contributed by atoms with van der Waals surface area (Å²) in [5.74, 6) is -0.373. The fourth-order valence-corrected chi connectivity index (χ4v) is 3.09. The Bertz CT molecular complexity index is 481. The number of carbonyl (C=O) groups is 1. The van der Waals surface area contributed by atoms with Gasteiger partial charge in [-0.05, 0) is 32.9 Å². The number of hydrogen-bond acceptors (Lipinski definition) is 6. The SMILES string of the molecule is CCOC(=O)/C(=C/c1ccco1)P(=O)(OCC)OCC. The first-order chi connectivity index (χ1) is 9.57. The van der Waals surface area contributed by atoms with Crippen molar-refractivity contribution >= 4 is 19.6 Å². The van der Waals surface area contributed by atoms with Gasteiger partial charge < -0.3 is 18.2 Å². The zero-order valence-corrected chi connectivity index (χ0v) is 12.7. The van der Waals surface area contributed by atoms with Gasteiger partial charge in [-0.3, -0.25) is 4.57 Å². The molecule has 20 heavy (non-hydrogen) atoms. The molecule has 0 saturated heterocycles. The van der Waals surface area contributed by atoms with Crippen LogP contribution >= 0.6 is 7.60 Å². The minimum Gasteiger partial charge on any atom is -0.465 e. The average molecular weight is 302 g/mol. The Kier molecular flexibility index (Phi) is 6.71. The molecule has 0 atom stereocenters. The summed E-state index contributed by atoms with van der Waals surface area (Å²) in [6.45, 7) is 5.45. The monoisotopic (exact) mass is 302 g/mol. The molecule has 7 heteroatoms. The summed E-state index contributed by atoms with van der Waals surface area (Å²) in [4.78, 5) is 12.0. The van der Waals surface area contributed by atoms with E-state index in [1.54, 1.807) is 32.9 Å². The van der Waals surface area contributed by atoms with E-state index in [1.807, 2.05) is 0 Å². The minimum absolute atomic E-state index is 0.145. The normalized spacial score (nSPS) is 12.4. The van der Waals surface area contributed by atoms with Gasteiger partial charge in [-0.1, -0.05) is 0 Å². The predicted octanol–water partition coefficient (Wildman–Crippen LogP) is 3.45. The van der Waals surface area contributed by atoms with Crippen LogP contribution in [0.3, 0.4) is 0 Å². The second-order valence-corrected chi connectivity index (χ2v) is 5.59. The topological polar surface area (TPSA) is 75.0 Å². The van der Waals surface area contributed by atoms with Crippen LogP contribution in [0.2, 0.25) is 0 Å². The highest BCUT2D eigenvalue weighted by atomic mass is 31.2. The number of ether oxygens (including phenoxy) is 1. The predicted molar refractivity (Wildman–Crippen MR) is 74.2 cm³/mol. The molecular weight excluding hydrogens is 283 g/mol. The first-order valence-electron chi connectivity index (χ1n) is 6.39. The number of furan rings is 1. The lowest BCUT2D eigenvalue weighted by molar-refractivity contribution is -0.137. The molecule has 0 saturated carbocycles. The Labute approximate surface area is 118 Å². The fraction of sp³-hybridized carbons (Fsp3) is 0.462. The fourth-order valence-electron chi connectivity index (χ4n) is 1.48. The van der Waals surface area contributed by atoms with Crippen LogP contribution in [0.1, 0.15) is 26.5 Å². The number of carbonyl (C=O) groups excluding carboxylic acids is 1. The molecule has 0 N–H and O–H groups in total. The summed E-state index contributed by atoms with van der Waals surface area (Å²) in [5, 5.41) is -0.169. The van der Waals surface area contributed by atoms with Crippen LogP contribution in [0.4, 0.5) is 0 Å². The molecule has 1 aromatic rings. The van der Waals surface area contributed by atoms with Crippen molar-refractivity contribution in [3.05, 3.63) is 29.5 Å². The summed E-state index contributed by atoms with van der Waals surface area (Å²) in [6.07, 6.45) is 2.77. The van der Waals surface area contributed by atoms with Gasteiger partial charge in [-0.25, -0.2) is 4.79 Å². The molecule has 6 nitrogen and oxygen atoms in total. The smallest absolute Gasteiger partial charge is 0.368 e. The van der Waals surface area contributed by atoms with E-state index >= 15 is 0 Å². The van der Waals surface area contributed by atoms with Gasteiger partial charge in [0.2, 0.25) is 0 Å². The zero-order valence-electron chi connectivity index (χ0n) is 11.8. The third-order valence-electron chi connectivity index (χ3n) is 2.20. The maximum Gasteiger partial charge on any atom is 0.368 e. The van der Waals surface area contributed by atoms with Crippen LogP contribution in [0.25, 0.3) is 6.08 Å². The molecule has 0 aliphatic carbocycles. The van der Waals surface area contributed by atoms with E-state index in [0.717, 1.165) is 0 Å². The number of esters is 1. The molecule has 0 amide bonds. The molecule has 0 unspecified atom stereocenters. The van der Waals surface area contributed by atoms with Gasteiger partial charge in [0.25, 0.3) is 0 Å². The Morgan fingerprint density at radius 2 is 1.90 bits per heavy atom. The Morgan fingerprint density at radius 1 is 1.25 bits per heavy atom. The molecule has 0 radical (unpaired) electrons. The number of hydrogen-bond donors (Lipinski definition) is 0. The second kappa shape index (κ2) is 8.04. The van der Waals surface area contributed by atoms with Crippen LogP contribution in [0.5, 0.6) is 0 Å². The van der Waals surface area contributed by atoms with E-state index < -0.39 is 13.6 Å². The van der Waals surface area contributed by atoms with Gasteiger partial charge in [-0.15, -0.1) is 0 Å². The van der Waals surface area contributed by atoms with Gasteiger partial charge in [-0.2, -0.15) is 0 Å². The third-order valence-corrected chi connectivity index (χ3v) is 4.30. The Balaban J connectivity index is 3.20. The van der Waals surface area contributed by atoms with Crippen LogP contribution < -0.4 is 0 Å². The first kappa shape index (κ1) is 16.7. The van der Waals surface area contributed by atoms with Crippen LogP contribution in [-0.2, 0) is 23.1 Å². The van der Waals surface area contributed by atoms with Crippen LogP contribution in [0, 0.1) is 0 Å². The third kappa shape index (κ3) is 4.34. The largest absolute Gasteiger partial charge is 0.465 e. The van der Waals surface area contributed by atoms with E-state index in [0.29, 0.717) is 5.76 Å². The van der Waals surface area contributed by atoms with Gasteiger partial charge in [0.05, 0.1) is 26.1 Å². The molecule has 0 spiro atoms. The van der Waals surface area contributed by atoms with Gasteiger partial charge >= 0.3 is 13.6 Å². The van der Waals surface area contributed by atoms with E-state index in [-0.39, 0.29) is 25.1 Å². The van der Waals surface area contributed by atoms with Crippen molar-refractivity contribution in [2.45, 2.75) is 20.8 Å². The summed E-state index contributed by atoms with van der Waals surface area (Å²) < 4.78 is 33.1. The van der Waals surface area contributed by atoms with Crippen molar-refractivity contribution < 1.29 is 27.6 Å². The van der Waals surface area contributed by atoms with Crippen LogP contribution in [0.15, 0.2) is 28.1 Å². The van der Waals surface area contributed by atoms with Gasteiger partial charge in [0, 0.05) is 6.08 Å². The standard InChI is InChI=1S/C13H19O6P/c1-4-16-13(14)12(10-11-8-7-9-17-11)20(15,18-5-2)19-6-3/h7-10H,4-6H2,1-3H3/b12-10-. The molecule has 0 fully saturated rings. The lowest BCUT2D eigenvalue weighted by atomic mass is 10.4.